The van der Waals surface area contributed by atoms with Crippen LogP contribution in [-0.4, -0.2) is 25.6 Å². The summed E-state index contributed by atoms with van der Waals surface area (Å²) in [6, 6.07) is 11.2. The van der Waals surface area contributed by atoms with E-state index in [4.69, 9.17) is 14.2 Å². The van der Waals surface area contributed by atoms with Gasteiger partial charge in [-0.25, -0.2) is 0 Å². The molecule has 0 amide bonds. The molecule has 2 rings (SSSR count). The topological polar surface area (TPSA) is 44.8 Å². The summed E-state index contributed by atoms with van der Waals surface area (Å²) >= 11 is 0. The van der Waals surface area contributed by atoms with Gasteiger partial charge >= 0.3 is 0 Å². The molecular formula is C27H36O4. The van der Waals surface area contributed by atoms with Crippen molar-refractivity contribution in [2.45, 2.75) is 59.8 Å². The second kappa shape index (κ2) is 11.6. The minimum atomic E-state index is -0.159. The molecule has 0 unspecified atom stereocenters. The van der Waals surface area contributed by atoms with Crippen LogP contribution in [0.25, 0.3) is 6.08 Å². The zero-order valence-corrected chi connectivity index (χ0v) is 19.8. The van der Waals surface area contributed by atoms with Gasteiger partial charge in [-0.2, -0.15) is 0 Å². The van der Waals surface area contributed by atoms with Crippen LogP contribution in [0.1, 0.15) is 75.9 Å². The van der Waals surface area contributed by atoms with E-state index in [9.17, 15) is 4.79 Å². The number of benzene rings is 2. The maximum Gasteiger partial charge on any atom is 0.185 e. The molecule has 2 aromatic rings. The standard InChI is InChI=1S/C27H36O4/c1-7-16-30-23-18-21(26(27(4,5)6)25(19-23)31-17-8-2)12-15-24(28)20-10-13-22(14-11-20)29-9-3/h10-15,18-19H,7-9,16-17H2,1-6H3/b15-12+. The fourth-order valence-electron chi connectivity index (χ4n) is 3.32. The van der Waals surface area contributed by atoms with E-state index in [0.29, 0.717) is 25.4 Å². The molecule has 0 saturated carbocycles. The maximum absolute atomic E-state index is 12.8. The SMILES string of the molecule is CCCOc1cc(/C=C/C(=O)c2ccc(OCC)cc2)c(C(C)(C)C)c(OCCC)c1. The van der Waals surface area contributed by atoms with Crippen LogP contribution in [0.2, 0.25) is 0 Å². The second-order valence-electron chi connectivity index (χ2n) is 8.49. The van der Waals surface area contributed by atoms with Gasteiger partial charge in [0.2, 0.25) is 0 Å². The molecule has 0 fully saturated rings. The lowest BCUT2D eigenvalue weighted by atomic mass is 9.82. The monoisotopic (exact) mass is 424 g/mol. The van der Waals surface area contributed by atoms with Crippen molar-refractivity contribution in [3.05, 3.63) is 59.2 Å². The highest BCUT2D eigenvalue weighted by molar-refractivity contribution is 6.07. The summed E-state index contributed by atoms with van der Waals surface area (Å²) in [4.78, 5) is 12.8. The molecule has 4 nitrogen and oxygen atoms in total. The van der Waals surface area contributed by atoms with E-state index in [1.807, 2.05) is 37.3 Å². The third-order valence-electron chi connectivity index (χ3n) is 4.65. The van der Waals surface area contributed by atoms with Gasteiger partial charge in [-0.1, -0.05) is 40.7 Å². The minimum Gasteiger partial charge on any atom is -0.494 e. The Morgan fingerprint density at radius 2 is 1.52 bits per heavy atom. The van der Waals surface area contributed by atoms with E-state index < -0.39 is 0 Å². The Labute approximate surface area is 187 Å². The van der Waals surface area contributed by atoms with Gasteiger partial charge in [-0.05, 0) is 67.2 Å². The lowest BCUT2D eigenvalue weighted by Crippen LogP contribution is -2.16. The molecule has 0 N–H and O–H groups in total. The molecule has 0 atom stereocenters. The molecule has 168 valence electrons. The molecule has 0 radical (unpaired) electrons. The van der Waals surface area contributed by atoms with Crippen molar-refractivity contribution in [3.8, 4) is 17.2 Å². The van der Waals surface area contributed by atoms with Crippen molar-refractivity contribution in [1.29, 1.82) is 0 Å². The number of carbonyl (C=O) groups excluding carboxylic acids is 1. The average Bonchev–Trinajstić information content (AvgIpc) is 2.74. The molecule has 0 heterocycles. The Morgan fingerprint density at radius 3 is 2.10 bits per heavy atom. The zero-order chi connectivity index (χ0) is 22.9. The highest BCUT2D eigenvalue weighted by atomic mass is 16.5. The van der Waals surface area contributed by atoms with Crippen molar-refractivity contribution in [3.63, 3.8) is 0 Å². The number of ketones is 1. The lowest BCUT2D eigenvalue weighted by Gasteiger charge is -2.26. The van der Waals surface area contributed by atoms with Gasteiger partial charge in [-0.15, -0.1) is 0 Å². The van der Waals surface area contributed by atoms with E-state index in [0.717, 1.165) is 41.2 Å². The molecule has 0 saturated heterocycles. The summed E-state index contributed by atoms with van der Waals surface area (Å²) in [5.74, 6) is 2.28. The van der Waals surface area contributed by atoms with Gasteiger partial charge in [0.05, 0.1) is 19.8 Å². The molecule has 0 aliphatic carbocycles. The van der Waals surface area contributed by atoms with E-state index in [2.05, 4.69) is 34.6 Å². The third-order valence-corrected chi connectivity index (χ3v) is 4.65. The van der Waals surface area contributed by atoms with E-state index in [-0.39, 0.29) is 11.2 Å². The molecule has 0 aromatic heterocycles. The highest BCUT2D eigenvalue weighted by Crippen LogP contribution is 2.38. The Hall–Kier alpha value is -2.75. The normalized spacial score (nSPS) is 11.5. The largest absolute Gasteiger partial charge is 0.494 e. The average molecular weight is 425 g/mol. The van der Waals surface area contributed by atoms with Crippen LogP contribution < -0.4 is 14.2 Å². The summed E-state index contributed by atoms with van der Waals surface area (Å²) in [6.07, 6.45) is 5.34. The summed E-state index contributed by atoms with van der Waals surface area (Å²) in [7, 11) is 0. The highest BCUT2D eigenvalue weighted by Gasteiger charge is 2.24. The first-order chi connectivity index (χ1) is 14.8. The Morgan fingerprint density at radius 1 is 0.871 bits per heavy atom. The van der Waals surface area contributed by atoms with Gasteiger partial charge in [-0.3, -0.25) is 4.79 Å². The Bertz CT molecular complexity index is 873. The first-order valence-corrected chi connectivity index (χ1v) is 11.2. The van der Waals surface area contributed by atoms with Crippen molar-refractivity contribution in [2.24, 2.45) is 0 Å². The molecule has 0 spiro atoms. The number of hydrogen-bond acceptors (Lipinski definition) is 4. The fraction of sp³-hybridized carbons (Fsp3) is 0.444. The first-order valence-electron chi connectivity index (χ1n) is 11.2. The molecular weight excluding hydrogens is 388 g/mol. The fourth-order valence-corrected chi connectivity index (χ4v) is 3.32. The molecule has 31 heavy (non-hydrogen) atoms. The van der Waals surface area contributed by atoms with E-state index >= 15 is 0 Å². The van der Waals surface area contributed by atoms with Crippen molar-refractivity contribution >= 4 is 11.9 Å². The Balaban J connectivity index is 2.42. The van der Waals surface area contributed by atoms with Gasteiger partial charge < -0.3 is 14.2 Å². The van der Waals surface area contributed by atoms with E-state index in [1.165, 1.54) is 0 Å². The zero-order valence-electron chi connectivity index (χ0n) is 19.8. The van der Waals surface area contributed by atoms with Crippen molar-refractivity contribution in [1.82, 2.24) is 0 Å². The number of allylic oxidation sites excluding steroid dienone is 1. The van der Waals surface area contributed by atoms with Crippen LogP contribution >= 0.6 is 0 Å². The quantitative estimate of drug-likeness (QED) is 0.292. The van der Waals surface area contributed by atoms with Crippen molar-refractivity contribution in [2.75, 3.05) is 19.8 Å². The lowest BCUT2D eigenvalue weighted by molar-refractivity contribution is 0.104. The molecule has 4 heteroatoms. The summed E-state index contributed by atoms with van der Waals surface area (Å²) < 4.78 is 17.4. The maximum atomic E-state index is 12.8. The minimum absolute atomic E-state index is 0.0567. The predicted octanol–water partition coefficient (Wildman–Crippen LogP) is 6.86. The van der Waals surface area contributed by atoms with Gasteiger partial charge in [0.15, 0.2) is 5.78 Å². The Kier molecular flexibility index (Phi) is 9.17. The van der Waals surface area contributed by atoms with Gasteiger partial charge in [0, 0.05) is 17.2 Å². The van der Waals surface area contributed by atoms with Gasteiger partial charge in [0.1, 0.15) is 17.2 Å². The van der Waals surface area contributed by atoms with Crippen LogP contribution in [0.5, 0.6) is 17.2 Å². The third kappa shape index (κ3) is 7.16. The van der Waals surface area contributed by atoms with Gasteiger partial charge in [0.25, 0.3) is 0 Å². The van der Waals surface area contributed by atoms with Crippen molar-refractivity contribution < 1.29 is 19.0 Å². The molecule has 0 aliphatic rings. The van der Waals surface area contributed by atoms with Crippen LogP contribution in [0.4, 0.5) is 0 Å². The van der Waals surface area contributed by atoms with E-state index in [1.54, 1.807) is 18.2 Å². The summed E-state index contributed by atoms with van der Waals surface area (Å²) in [5.41, 5.74) is 2.47. The number of carbonyl (C=O) groups is 1. The summed E-state index contributed by atoms with van der Waals surface area (Å²) in [6.45, 7) is 14.4. The number of ether oxygens (including phenoxy) is 3. The van der Waals surface area contributed by atoms with Crippen LogP contribution in [0.15, 0.2) is 42.5 Å². The number of hydrogen-bond donors (Lipinski definition) is 0. The second-order valence-corrected chi connectivity index (χ2v) is 8.49. The predicted molar refractivity (Wildman–Crippen MR) is 128 cm³/mol. The molecule has 0 aliphatic heterocycles. The smallest absolute Gasteiger partial charge is 0.185 e. The summed E-state index contributed by atoms with van der Waals surface area (Å²) in [5, 5.41) is 0. The van der Waals surface area contributed by atoms with Crippen LogP contribution in [-0.2, 0) is 5.41 Å². The van der Waals surface area contributed by atoms with Crippen LogP contribution in [0, 0.1) is 0 Å². The first kappa shape index (κ1) is 24.5. The molecule has 0 bridgehead atoms. The van der Waals surface area contributed by atoms with Crippen LogP contribution in [0.3, 0.4) is 0 Å². The molecule has 2 aromatic carbocycles. The number of rotatable bonds is 11.